The van der Waals surface area contributed by atoms with Crippen LogP contribution in [0.4, 0.5) is 0 Å². The van der Waals surface area contributed by atoms with E-state index in [4.69, 9.17) is 9.47 Å². The molecular formula is C40H78O4. The highest BCUT2D eigenvalue weighted by Gasteiger charge is 2.20. The highest BCUT2D eigenvalue weighted by Crippen LogP contribution is 2.33. The van der Waals surface area contributed by atoms with Crippen LogP contribution in [0.5, 0.6) is 0 Å². The first-order chi connectivity index (χ1) is 21.5. The molecule has 0 fully saturated rings. The molecular weight excluding hydrogens is 544 g/mol. The van der Waals surface area contributed by atoms with Gasteiger partial charge < -0.3 is 9.47 Å². The van der Waals surface area contributed by atoms with E-state index in [1.807, 2.05) is 0 Å². The van der Waals surface area contributed by atoms with Crippen LogP contribution in [0.1, 0.15) is 220 Å². The van der Waals surface area contributed by atoms with E-state index < -0.39 is 0 Å². The Hall–Kier alpha value is -1.06. The lowest BCUT2D eigenvalue weighted by atomic mass is 9.78. The van der Waals surface area contributed by atoms with E-state index in [-0.39, 0.29) is 11.9 Å². The Labute approximate surface area is 276 Å². The van der Waals surface area contributed by atoms with Gasteiger partial charge in [-0.2, -0.15) is 0 Å². The van der Waals surface area contributed by atoms with Crippen molar-refractivity contribution in [2.45, 2.75) is 220 Å². The monoisotopic (exact) mass is 623 g/mol. The van der Waals surface area contributed by atoms with Gasteiger partial charge in [0.2, 0.25) is 0 Å². The first kappa shape index (κ1) is 42.9. The third-order valence-electron chi connectivity index (χ3n) is 9.57. The summed E-state index contributed by atoms with van der Waals surface area (Å²) in [6.07, 6.45) is 40.6. The van der Waals surface area contributed by atoms with Crippen LogP contribution in [-0.2, 0) is 19.1 Å². The van der Waals surface area contributed by atoms with Gasteiger partial charge in [0, 0.05) is 13.8 Å². The average molecular weight is 623 g/mol. The zero-order valence-corrected chi connectivity index (χ0v) is 30.4. The van der Waals surface area contributed by atoms with Crippen LogP contribution >= 0.6 is 0 Å². The Kier molecular flexibility index (Phi) is 34.0. The maximum absolute atomic E-state index is 11.0. The minimum absolute atomic E-state index is 0.153. The summed E-state index contributed by atoms with van der Waals surface area (Å²) in [5, 5.41) is 0. The first-order valence-corrected chi connectivity index (χ1v) is 19.8. The normalized spacial score (nSPS) is 12.7. The topological polar surface area (TPSA) is 52.6 Å². The van der Waals surface area contributed by atoms with Gasteiger partial charge in [-0.05, 0) is 24.7 Å². The second-order valence-electron chi connectivity index (χ2n) is 13.8. The molecule has 0 saturated carbocycles. The molecule has 0 amide bonds. The van der Waals surface area contributed by atoms with Crippen LogP contribution in [0.3, 0.4) is 0 Å². The lowest BCUT2D eigenvalue weighted by Crippen LogP contribution is -2.16. The van der Waals surface area contributed by atoms with Crippen molar-refractivity contribution in [1.29, 1.82) is 0 Å². The molecule has 0 aromatic rings. The van der Waals surface area contributed by atoms with Crippen molar-refractivity contribution in [2.24, 2.45) is 11.8 Å². The van der Waals surface area contributed by atoms with Gasteiger partial charge in [0.1, 0.15) is 0 Å². The standard InChI is InChI=1S/C40H78O4/c1-5-7-9-11-13-19-25-31-39(33-27-21-15-17-23-29-35-43-37(3)41)40(32-26-20-14-12-10-8-6-2)34-28-22-16-18-24-30-36-44-38(4)42/h39-40H,5-36H2,1-4H3. The first-order valence-electron chi connectivity index (χ1n) is 19.8. The van der Waals surface area contributed by atoms with Crippen molar-refractivity contribution in [3.05, 3.63) is 0 Å². The predicted molar refractivity (Wildman–Crippen MR) is 190 cm³/mol. The second-order valence-corrected chi connectivity index (χ2v) is 13.8. The molecule has 0 rings (SSSR count). The molecule has 0 heterocycles. The fraction of sp³-hybridized carbons (Fsp3) is 0.950. The van der Waals surface area contributed by atoms with Crippen LogP contribution in [0, 0.1) is 11.8 Å². The molecule has 0 aromatic carbocycles. The number of carbonyl (C=O) groups excluding carboxylic acids is 2. The van der Waals surface area contributed by atoms with Gasteiger partial charge in [-0.15, -0.1) is 0 Å². The van der Waals surface area contributed by atoms with Crippen LogP contribution in [0.25, 0.3) is 0 Å². The fourth-order valence-electron chi connectivity index (χ4n) is 6.82. The quantitative estimate of drug-likeness (QED) is 0.0521. The smallest absolute Gasteiger partial charge is 0.302 e. The Morgan fingerprint density at radius 3 is 0.841 bits per heavy atom. The zero-order valence-electron chi connectivity index (χ0n) is 30.4. The summed E-state index contributed by atoms with van der Waals surface area (Å²) in [4.78, 5) is 21.9. The number of hydrogen-bond donors (Lipinski definition) is 0. The van der Waals surface area contributed by atoms with Crippen molar-refractivity contribution >= 4 is 11.9 Å². The highest BCUT2D eigenvalue weighted by molar-refractivity contribution is 5.66. The Morgan fingerprint density at radius 2 is 0.591 bits per heavy atom. The molecule has 0 radical (unpaired) electrons. The molecule has 0 spiro atoms. The van der Waals surface area contributed by atoms with Crippen molar-refractivity contribution in [3.63, 3.8) is 0 Å². The third-order valence-corrected chi connectivity index (χ3v) is 9.57. The molecule has 0 bridgehead atoms. The van der Waals surface area contributed by atoms with Crippen molar-refractivity contribution in [2.75, 3.05) is 13.2 Å². The summed E-state index contributed by atoms with van der Waals surface area (Å²) in [5.74, 6) is 1.52. The summed E-state index contributed by atoms with van der Waals surface area (Å²) in [6.45, 7) is 8.80. The number of unbranched alkanes of at least 4 members (excludes halogenated alkanes) is 22. The van der Waals surface area contributed by atoms with Crippen molar-refractivity contribution in [3.8, 4) is 0 Å². The Morgan fingerprint density at radius 1 is 0.364 bits per heavy atom. The second kappa shape index (κ2) is 34.8. The maximum atomic E-state index is 11.0. The molecule has 262 valence electrons. The van der Waals surface area contributed by atoms with E-state index in [0.29, 0.717) is 13.2 Å². The van der Waals surface area contributed by atoms with E-state index in [2.05, 4.69) is 13.8 Å². The summed E-state index contributed by atoms with van der Waals surface area (Å²) in [7, 11) is 0. The van der Waals surface area contributed by atoms with Gasteiger partial charge in [-0.3, -0.25) is 9.59 Å². The SMILES string of the molecule is CCCCCCCCCC(CCCCCCCCOC(C)=O)C(CCCCCCCCC)CCCCCCCCOC(C)=O. The van der Waals surface area contributed by atoms with Gasteiger partial charge in [0.05, 0.1) is 13.2 Å². The van der Waals surface area contributed by atoms with Crippen molar-refractivity contribution in [1.82, 2.24) is 0 Å². The number of carbonyl (C=O) groups is 2. The number of esters is 2. The third kappa shape index (κ3) is 32.3. The van der Waals surface area contributed by atoms with E-state index >= 15 is 0 Å². The Balaban J connectivity index is 4.76. The zero-order chi connectivity index (χ0) is 32.4. The van der Waals surface area contributed by atoms with Crippen molar-refractivity contribution < 1.29 is 19.1 Å². The molecule has 0 saturated heterocycles. The number of ether oxygens (including phenoxy) is 2. The largest absolute Gasteiger partial charge is 0.466 e. The molecule has 4 heteroatoms. The molecule has 0 aliphatic heterocycles. The van der Waals surface area contributed by atoms with Crippen LogP contribution < -0.4 is 0 Å². The van der Waals surface area contributed by atoms with E-state index in [1.165, 1.54) is 194 Å². The molecule has 2 atom stereocenters. The maximum Gasteiger partial charge on any atom is 0.302 e. The molecule has 2 unspecified atom stereocenters. The number of rotatable bonds is 35. The van der Waals surface area contributed by atoms with Gasteiger partial charge in [0.25, 0.3) is 0 Å². The summed E-state index contributed by atoms with van der Waals surface area (Å²) >= 11 is 0. The Bertz CT molecular complexity index is 552. The summed E-state index contributed by atoms with van der Waals surface area (Å²) in [6, 6.07) is 0. The predicted octanol–water partition coefficient (Wildman–Crippen LogP) is 13.1. The van der Waals surface area contributed by atoms with Gasteiger partial charge in [-0.25, -0.2) is 0 Å². The molecule has 0 aromatic heterocycles. The minimum atomic E-state index is -0.153. The van der Waals surface area contributed by atoms with Gasteiger partial charge in [-0.1, -0.05) is 194 Å². The van der Waals surface area contributed by atoms with Crippen LogP contribution in [0.2, 0.25) is 0 Å². The fourth-order valence-corrected chi connectivity index (χ4v) is 6.82. The summed E-state index contributed by atoms with van der Waals surface area (Å²) < 4.78 is 10.2. The molecule has 0 aliphatic carbocycles. The van der Waals surface area contributed by atoms with E-state index in [9.17, 15) is 9.59 Å². The number of hydrogen-bond acceptors (Lipinski definition) is 4. The molecule has 4 nitrogen and oxygen atoms in total. The molecule has 44 heavy (non-hydrogen) atoms. The molecule has 0 N–H and O–H groups in total. The average Bonchev–Trinajstić information content (AvgIpc) is 3.00. The lowest BCUT2D eigenvalue weighted by Gasteiger charge is -2.28. The van der Waals surface area contributed by atoms with Crippen LogP contribution in [-0.4, -0.2) is 25.2 Å². The molecule has 0 aliphatic rings. The van der Waals surface area contributed by atoms with Gasteiger partial charge >= 0.3 is 11.9 Å². The highest BCUT2D eigenvalue weighted by atomic mass is 16.5. The van der Waals surface area contributed by atoms with Gasteiger partial charge in [0.15, 0.2) is 0 Å². The van der Waals surface area contributed by atoms with Crippen LogP contribution in [0.15, 0.2) is 0 Å². The lowest BCUT2D eigenvalue weighted by molar-refractivity contribution is -0.142. The minimum Gasteiger partial charge on any atom is -0.466 e. The van der Waals surface area contributed by atoms with E-state index in [1.54, 1.807) is 0 Å². The summed E-state index contributed by atoms with van der Waals surface area (Å²) in [5.41, 5.74) is 0. The van der Waals surface area contributed by atoms with E-state index in [0.717, 1.165) is 24.7 Å².